The first-order valence-electron chi connectivity index (χ1n) is 8.56. The summed E-state index contributed by atoms with van der Waals surface area (Å²) in [5, 5.41) is 11.2. The van der Waals surface area contributed by atoms with E-state index in [1.807, 2.05) is 6.92 Å². The molecule has 2 unspecified atom stereocenters. The molecule has 0 aliphatic rings. The van der Waals surface area contributed by atoms with Crippen LogP contribution in [0.3, 0.4) is 0 Å². The maximum Gasteiger partial charge on any atom is 0.306 e. The van der Waals surface area contributed by atoms with Gasteiger partial charge in [-0.15, -0.1) is 0 Å². The molecule has 25 heavy (non-hydrogen) atoms. The van der Waals surface area contributed by atoms with Crippen LogP contribution in [0.4, 0.5) is 0 Å². The van der Waals surface area contributed by atoms with Crippen LogP contribution in [-0.4, -0.2) is 75.5 Å². The minimum absolute atomic E-state index is 0.0311. The molecule has 0 aliphatic carbocycles. The van der Waals surface area contributed by atoms with Gasteiger partial charge >= 0.3 is 11.9 Å². The number of likely N-dealkylation sites (N-methyl/N-ethyl adjacent to an activating group) is 1. The fraction of sp³-hybridized carbons (Fsp3) is 0.824. The van der Waals surface area contributed by atoms with E-state index in [9.17, 15) is 19.5 Å². The van der Waals surface area contributed by atoms with Crippen LogP contribution in [0.25, 0.3) is 0 Å². The fourth-order valence-corrected chi connectivity index (χ4v) is 2.08. The van der Waals surface area contributed by atoms with Crippen molar-refractivity contribution in [3.8, 4) is 0 Å². The number of carbonyl (C=O) groups excluding carboxylic acids is 3. The highest BCUT2D eigenvalue weighted by molar-refractivity contribution is 5.70. The van der Waals surface area contributed by atoms with E-state index in [0.29, 0.717) is 6.42 Å². The largest absolute Gasteiger partial charge is 0.544 e. The Hall–Kier alpha value is -1.67. The van der Waals surface area contributed by atoms with E-state index in [4.69, 9.17) is 14.2 Å². The minimum atomic E-state index is -1.14. The molecule has 8 nitrogen and oxygen atoms in total. The zero-order valence-corrected chi connectivity index (χ0v) is 15.9. The number of aliphatic carboxylic acids is 1. The van der Waals surface area contributed by atoms with Gasteiger partial charge in [-0.2, -0.15) is 0 Å². The molecule has 0 N–H and O–H groups in total. The van der Waals surface area contributed by atoms with E-state index < -0.39 is 24.1 Å². The summed E-state index contributed by atoms with van der Waals surface area (Å²) in [5.74, 6) is -1.92. The van der Waals surface area contributed by atoms with E-state index in [1.165, 1.54) is 0 Å². The second-order valence-electron chi connectivity index (χ2n) is 6.71. The summed E-state index contributed by atoms with van der Waals surface area (Å²) < 4.78 is 15.9. The average molecular weight is 361 g/mol. The molecule has 0 aromatic heterocycles. The van der Waals surface area contributed by atoms with Crippen molar-refractivity contribution in [1.82, 2.24) is 0 Å². The van der Waals surface area contributed by atoms with Crippen molar-refractivity contribution < 1.29 is 38.2 Å². The van der Waals surface area contributed by atoms with Gasteiger partial charge in [-0.1, -0.05) is 13.8 Å². The van der Waals surface area contributed by atoms with Gasteiger partial charge in [0.25, 0.3) is 0 Å². The second kappa shape index (κ2) is 11.8. The number of esters is 2. The molecule has 0 fully saturated rings. The van der Waals surface area contributed by atoms with E-state index in [-0.39, 0.29) is 49.5 Å². The normalized spacial score (nSPS) is 13.8. The Morgan fingerprint density at radius 2 is 1.68 bits per heavy atom. The first-order valence-corrected chi connectivity index (χ1v) is 8.56. The van der Waals surface area contributed by atoms with Crippen molar-refractivity contribution in [3.63, 3.8) is 0 Å². The summed E-state index contributed by atoms with van der Waals surface area (Å²) in [4.78, 5) is 34.1. The van der Waals surface area contributed by atoms with Gasteiger partial charge in [0.05, 0.1) is 40.3 Å². The number of carboxylic acid groups (broad SMARTS) is 1. The monoisotopic (exact) mass is 361 g/mol. The third-order valence-electron chi connectivity index (χ3n) is 3.52. The van der Waals surface area contributed by atoms with Gasteiger partial charge in [0.2, 0.25) is 0 Å². The van der Waals surface area contributed by atoms with Crippen LogP contribution >= 0.6 is 0 Å². The third kappa shape index (κ3) is 10.7. The van der Waals surface area contributed by atoms with Gasteiger partial charge < -0.3 is 28.6 Å². The van der Waals surface area contributed by atoms with Crippen LogP contribution in [0, 0.1) is 0 Å². The molecular weight excluding hydrogens is 330 g/mol. The summed E-state index contributed by atoms with van der Waals surface area (Å²) in [6.45, 7) is 3.64. The molecule has 0 amide bonds. The number of rotatable bonds is 13. The molecular formula is C17H31NO7. The minimum Gasteiger partial charge on any atom is -0.544 e. The third-order valence-corrected chi connectivity index (χ3v) is 3.52. The Kier molecular flexibility index (Phi) is 11.0. The Balaban J connectivity index is 4.46. The molecule has 0 heterocycles. The molecule has 0 aromatic carbocycles. The van der Waals surface area contributed by atoms with Gasteiger partial charge in [-0.25, -0.2) is 0 Å². The topological polar surface area (TPSA) is 102 Å². The number of carbonyl (C=O) groups is 3. The molecule has 0 rings (SSSR count). The Bertz CT molecular complexity index is 431. The predicted octanol–water partition coefficient (Wildman–Crippen LogP) is -0.117. The number of quaternary nitrogens is 1. The quantitative estimate of drug-likeness (QED) is 0.256. The SMILES string of the molecule is CCCC(=O)OC(COCCC(C(=O)[O-])[N+](C)(C)C)COC(=O)CC. The molecule has 2 atom stereocenters. The van der Waals surface area contributed by atoms with E-state index in [0.717, 1.165) is 0 Å². The van der Waals surface area contributed by atoms with Crippen LogP contribution in [0.15, 0.2) is 0 Å². The maximum atomic E-state index is 11.6. The fourth-order valence-electron chi connectivity index (χ4n) is 2.08. The van der Waals surface area contributed by atoms with Crippen molar-refractivity contribution in [2.45, 2.75) is 51.7 Å². The van der Waals surface area contributed by atoms with Crippen LogP contribution in [0.5, 0.6) is 0 Å². The summed E-state index contributed by atoms with van der Waals surface area (Å²) in [7, 11) is 5.29. The van der Waals surface area contributed by atoms with Gasteiger partial charge in [-0.3, -0.25) is 9.59 Å². The molecule has 0 saturated carbocycles. The number of carboxylic acids is 1. The number of ether oxygens (including phenoxy) is 3. The lowest BCUT2D eigenvalue weighted by Crippen LogP contribution is -2.55. The van der Waals surface area contributed by atoms with Gasteiger partial charge in [0, 0.05) is 19.3 Å². The van der Waals surface area contributed by atoms with Crippen molar-refractivity contribution >= 4 is 17.9 Å². The smallest absolute Gasteiger partial charge is 0.306 e. The highest BCUT2D eigenvalue weighted by Crippen LogP contribution is 2.08. The Morgan fingerprint density at radius 3 is 2.16 bits per heavy atom. The molecule has 0 aliphatic heterocycles. The van der Waals surface area contributed by atoms with Crippen LogP contribution < -0.4 is 5.11 Å². The lowest BCUT2D eigenvalue weighted by molar-refractivity contribution is -0.889. The van der Waals surface area contributed by atoms with Crippen molar-refractivity contribution in [1.29, 1.82) is 0 Å². The Labute approximate surface area is 149 Å². The number of hydrogen-bond donors (Lipinski definition) is 0. The summed E-state index contributed by atoms with van der Waals surface area (Å²) in [6.07, 6.45) is 0.702. The first kappa shape index (κ1) is 23.3. The van der Waals surface area contributed by atoms with Crippen LogP contribution in [0.1, 0.15) is 39.5 Å². The molecule has 0 aromatic rings. The molecule has 0 bridgehead atoms. The lowest BCUT2D eigenvalue weighted by Gasteiger charge is -2.34. The van der Waals surface area contributed by atoms with Crippen LogP contribution in [-0.2, 0) is 28.6 Å². The van der Waals surface area contributed by atoms with Gasteiger partial charge in [0.15, 0.2) is 6.10 Å². The highest BCUT2D eigenvalue weighted by Gasteiger charge is 2.25. The number of nitrogens with zero attached hydrogens (tertiary/aromatic N) is 1. The summed E-state index contributed by atoms with van der Waals surface area (Å²) in [6, 6.07) is -0.709. The molecule has 0 spiro atoms. The van der Waals surface area contributed by atoms with Gasteiger partial charge in [0.1, 0.15) is 12.6 Å². The lowest BCUT2D eigenvalue weighted by atomic mass is 10.1. The maximum absolute atomic E-state index is 11.6. The standard InChI is InChI=1S/C17H31NO7/c1-6-8-16(20)25-13(12-24-15(19)7-2)11-23-10-9-14(17(21)22)18(3,4)5/h13-14H,6-12H2,1-5H3. The molecule has 146 valence electrons. The average Bonchev–Trinajstić information content (AvgIpc) is 2.50. The summed E-state index contributed by atoms with van der Waals surface area (Å²) >= 11 is 0. The van der Waals surface area contributed by atoms with E-state index in [2.05, 4.69) is 0 Å². The van der Waals surface area contributed by atoms with Gasteiger partial charge in [-0.05, 0) is 6.42 Å². The van der Waals surface area contributed by atoms with Crippen molar-refractivity contribution in [2.24, 2.45) is 0 Å². The first-order chi connectivity index (χ1) is 11.6. The predicted molar refractivity (Wildman–Crippen MR) is 88.3 cm³/mol. The number of hydrogen-bond acceptors (Lipinski definition) is 7. The van der Waals surface area contributed by atoms with Crippen molar-refractivity contribution in [3.05, 3.63) is 0 Å². The zero-order valence-electron chi connectivity index (χ0n) is 15.9. The highest BCUT2D eigenvalue weighted by atomic mass is 16.6. The van der Waals surface area contributed by atoms with Crippen LogP contribution in [0.2, 0.25) is 0 Å². The van der Waals surface area contributed by atoms with E-state index in [1.54, 1.807) is 28.1 Å². The molecule has 8 heteroatoms. The molecule has 0 radical (unpaired) electrons. The van der Waals surface area contributed by atoms with E-state index >= 15 is 0 Å². The molecule has 0 saturated heterocycles. The zero-order chi connectivity index (χ0) is 19.5. The second-order valence-corrected chi connectivity index (χ2v) is 6.71. The van der Waals surface area contributed by atoms with Crippen molar-refractivity contribution in [2.75, 3.05) is 41.0 Å². The Morgan fingerprint density at radius 1 is 1.04 bits per heavy atom. The summed E-state index contributed by atoms with van der Waals surface area (Å²) in [5.41, 5.74) is 0.